The van der Waals surface area contributed by atoms with E-state index < -0.39 is 0 Å². The molecule has 0 fully saturated rings. The minimum absolute atomic E-state index is 0. The van der Waals surface area contributed by atoms with Gasteiger partial charge in [-0.1, -0.05) is 26.7 Å². The number of rotatable bonds is 10. The fraction of sp³-hybridized carbons (Fsp3) is 0.917. The predicted molar refractivity (Wildman–Crippen MR) is 66.3 cm³/mol. The van der Waals surface area contributed by atoms with Crippen molar-refractivity contribution in [2.45, 2.75) is 39.5 Å². The molecule has 2 N–H and O–H groups in total. The Hall–Kier alpha value is 1.20. The Bertz CT molecular complexity index is 178. The Kier molecular flexibility index (Phi) is 18.4. The Labute approximate surface area is 154 Å². The molecule has 0 aromatic heterocycles. The second-order valence-corrected chi connectivity index (χ2v) is 4.35. The molecule has 0 saturated heterocycles. The molecule has 4 nitrogen and oxygen atoms in total. The maximum Gasteiger partial charge on any atom is 1.00 e. The predicted octanol–water partition coefficient (Wildman–Crippen LogP) is -0.608. The van der Waals surface area contributed by atoms with Crippen LogP contribution in [-0.2, 0) is 9.53 Å². The van der Waals surface area contributed by atoms with Crippen LogP contribution in [0.4, 0.5) is 0 Å². The number of ether oxygens (including phenoxy) is 1. The van der Waals surface area contributed by atoms with Gasteiger partial charge in [0, 0.05) is 19.6 Å². The van der Waals surface area contributed by atoms with Crippen molar-refractivity contribution in [3.8, 4) is 0 Å². The first-order valence-corrected chi connectivity index (χ1v) is 6.16. The molecule has 0 aliphatic carbocycles. The molecule has 0 bridgehead atoms. The summed E-state index contributed by atoms with van der Waals surface area (Å²) < 4.78 is 5.06. The van der Waals surface area contributed by atoms with Crippen LogP contribution in [0.25, 0.3) is 5.73 Å². The fourth-order valence-corrected chi connectivity index (χ4v) is 1.33. The normalized spacial score (nSPS) is 10.1. The van der Waals surface area contributed by atoms with E-state index in [0.717, 1.165) is 18.9 Å². The van der Waals surface area contributed by atoms with Gasteiger partial charge >= 0.3 is 58.2 Å². The average molecular weight is 315 g/mol. The van der Waals surface area contributed by atoms with Crippen LogP contribution in [0.15, 0.2) is 0 Å². The van der Waals surface area contributed by atoms with Crippen molar-refractivity contribution in [1.29, 1.82) is 0 Å². The number of hydrogen-bond donors (Lipinski definition) is 1. The molecule has 5 heteroatoms. The van der Waals surface area contributed by atoms with Crippen molar-refractivity contribution < 1.29 is 67.7 Å². The van der Waals surface area contributed by atoms with Crippen LogP contribution in [0, 0.1) is 5.92 Å². The van der Waals surface area contributed by atoms with Gasteiger partial charge < -0.3 is 15.8 Å². The maximum absolute atomic E-state index is 11.3. The standard InChI is InChI=1S/C12H25N2O2.Rb/c1-11(2)5-3-4-8-14-12(15)6-9-16-10-7-13;/h11,13H,3-10H2,1-2H3,(H,14,15);/q-1;+1. The van der Waals surface area contributed by atoms with Crippen LogP contribution < -0.4 is 63.5 Å². The van der Waals surface area contributed by atoms with Crippen LogP contribution in [0.3, 0.4) is 0 Å². The summed E-state index contributed by atoms with van der Waals surface area (Å²) in [4.78, 5) is 11.3. The number of unbranched alkanes of at least 4 members (excludes halogenated alkanes) is 1. The van der Waals surface area contributed by atoms with E-state index in [1.54, 1.807) is 0 Å². The minimum atomic E-state index is 0. The average Bonchev–Trinajstić information content (AvgIpc) is 2.23. The van der Waals surface area contributed by atoms with Crippen molar-refractivity contribution in [3.05, 3.63) is 5.73 Å². The van der Waals surface area contributed by atoms with E-state index in [1.807, 2.05) is 0 Å². The van der Waals surface area contributed by atoms with E-state index in [2.05, 4.69) is 19.2 Å². The van der Waals surface area contributed by atoms with Gasteiger partial charge in [-0.3, -0.25) is 4.79 Å². The van der Waals surface area contributed by atoms with Crippen molar-refractivity contribution in [3.63, 3.8) is 0 Å². The number of carbonyl (C=O) groups excluding carboxylic acids is 1. The molecule has 0 aliphatic rings. The van der Waals surface area contributed by atoms with Crippen molar-refractivity contribution in [1.82, 2.24) is 5.32 Å². The van der Waals surface area contributed by atoms with Crippen molar-refractivity contribution >= 4 is 5.91 Å². The van der Waals surface area contributed by atoms with Gasteiger partial charge in [-0.25, -0.2) is 0 Å². The van der Waals surface area contributed by atoms with Crippen LogP contribution in [0.1, 0.15) is 39.5 Å². The van der Waals surface area contributed by atoms with Crippen LogP contribution in [0.2, 0.25) is 0 Å². The first-order valence-electron chi connectivity index (χ1n) is 6.16. The summed E-state index contributed by atoms with van der Waals surface area (Å²) in [7, 11) is 0. The molecule has 0 radical (unpaired) electrons. The van der Waals surface area contributed by atoms with E-state index in [-0.39, 0.29) is 70.6 Å². The molecule has 0 atom stereocenters. The first-order chi connectivity index (χ1) is 7.66. The number of carbonyl (C=O) groups is 1. The molecular weight excluding hydrogens is 290 g/mol. The zero-order valence-electron chi connectivity index (χ0n) is 11.6. The van der Waals surface area contributed by atoms with Gasteiger partial charge in [0.2, 0.25) is 5.91 Å². The summed E-state index contributed by atoms with van der Waals surface area (Å²) in [5.41, 5.74) is 6.85. The second kappa shape index (κ2) is 15.3. The quantitative estimate of drug-likeness (QED) is 0.547. The van der Waals surface area contributed by atoms with E-state index in [4.69, 9.17) is 10.5 Å². The molecule has 0 aliphatic heterocycles. The van der Waals surface area contributed by atoms with E-state index >= 15 is 0 Å². The molecule has 0 saturated carbocycles. The molecule has 0 unspecified atom stereocenters. The number of hydrogen-bond acceptors (Lipinski definition) is 2. The molecule has 0 spiro atoms. The van der Waals surface area contributed by atoms with E-state index in [9.17, 15) is 4.79 Å². The van der Waals surface area contributed by atoms with Gasteiger partial charge in [0.25, 0.3) is 0 Å². The second-order valence-electron chi connectivity index (χ2n) is 4.35. The third kappa shape index (κ3) is 17.2. The molecule has 0 aromatic rings. The smallest absolute Gasteiger partial charge is 0.676 e. The first kappa shape index (κ1) is 20.5. The molecule has 17 heavy (non-hydrogen) atoms. The van der Waals surface area contributed by atoms with Crippen molar-refractivity contribution in [2.75, 3.05) is 26.3 Å². The summed E-state index contributed by atoms with van der Waals surface area (Å²) in [6.45, 7) is 6.30. The Morgan fingerprint density at radius 3 is 2.59 bits per heavy atom. The van der Waals surface area contributed by atoms with Crippen LogP contribution >= 0.6 is 0 Å². The largest absolute Gasteiger partial charge is 1.00 e. The zero-order chi connectivity index (χ0) is 12.2. The maximum atomic E-state index is 11.3. The SMILES string of the molecule is CC(C)CCCCNC(=O)CCOCC[NH-].[Rb+]. The van der Waals surface area contributed by atoms with Gasteiger partial charge in [0.15, 0.2) is 0 Å². The van der Waals surface area contributed by atoms with Gasteiger partial charge in [-0.2, -0.15) is 0 Å². The van der Waals surface area contributed by atoms with Gasteiger partial charge in [-0.05, 0) is 12.3 Å². The van der Waals surface area contributed by atoms with Gasteiger partial charge in [-0.15, -0.1) is 6.54 Å². The molecule has 0 aromatic carbocycles. The zero-order valence-corrected chi connectivity index (χ0v) is 16.5. The molecule has 0 heterocycles. The third-order valence-electron chi connectivity index (χ3n) is 2.25. The molecule has 1 amide bonds. The third-order valence-corrected chi connectivity index (χ3v) is 2.25. The Balaban J connectivity index is 0. The van der Waals surface area contributed by atoms with Gasteiger partial charge in [0.05, 0.1) is 6.61 Å². The van der Waals surface area contributed by atoms with Gasteiger partial charge in [0.1, 0.15) is 0 Å². The fourth-order valence-electron chi connectivity index (χ4n) is 1.33. The van der Waals surface area contributed by atoms with Crippen LogP contribution in [-0.4, -0.2) is 32.2 Å². The summed E-state index contributed by atoms with van der Waals surface area (Å²) in [5.74, 6) is 0.795. The summed E-state index contributed by atoms with van der Waals surface area (Å²) in [6, 6.07) is 0. The topological polar surface area (TPSA) is 62.1 Å². The molecule has 0 rings (SSSR count). The Morgan fingerprint density at radius 2 is 2.00 bits per heavy atom. The molecule has 96 valence electrons. The number of nitrogens with one attached hydrogen (secondary N) is 2. The molecular formula is C12H25N2O2Rb. The van der Waals surface area contributed by atoms with E-state index in [0.29, 0.717) is 19.6 Å². The Morgan fingerprint density at radius 1 is 1.29 bits per heavy atom. The summed E-state index contributed by atoms with van der Waals surface area (Å²) >= 11 is 0. The summed E-state index contributed by atoms with van der Waals surface area (Å²) in [5, 5.41) is 2.87. The minimum Gasteiger partial charge on any atom is -0.676 e. The monoisotopic (exact) mass is 314 g/mol. The number of amides is 1. The van der Waals surface area contributed by atoms with Crippen molar-refractivity contribution in [2.24, 2.45) is 5.92 Å². The van der Waals surface area contributed by atoms with Crippen LogP contribution in [0.5, 0.6) is 0 Å². The van der Waals surface area contributed by atoms with E-state index in [1.165, 1.54) is 12.8 Å². The summed E-state index contributed by atoms with van der Waals surface area (Å²) in [6.07, 6.45) is 3.86.